The van der Waals surface area contributed by atoms with Gasteiger partial charge in [-0.15, -0.1) is 11.3 Å². The van der Waals surface area contributed by atoms with Crippen molar-refractivity contribution in [3.8, 4) is 0 Å². The van der Waals surface area contributed by atoms with Gasteiger partial charge >= 0.3 is 0 Å². The van der Waals surface area contributed by atoms with Gasteiger partial charge in [-0.2, -0.15) is 0 Å². The molecular weight excluding hydrogens is 391 g/mol. The average molecular weight is 417 g/mol. The van der Waals surface area contributed by atoms with Crippen LogP contribution in [-0.2, 0) is 4.79 Å². The lowest BCUT2D eigenvalue weighted by atomic mass is 10.2. The average Bonchev–Trinajstić information content (AvgIpc) is 3.29. The summed E-state index contributed by atoms with van der Waals surface area (Å²) in [6.45, 7) is 6.01. The van der Waals surface area contributed by atoms with Crippen molar-refractivity contribution in [2.24, 2.45) is 0 Å². The van der Waals surface area contributed by atoms with Crippen LogP contribution in [0.2, 0.25) is 0 Å². The number of anilines is 1. The molecule has 29 heavy (non-hydrogen) atoms. The van der Waals surface area contributed by atoms with Crippen molar-refractivity contribution in [2.45, 2.75) is 0 Å². The highest BCUT2D eigenvalue weighted by Gasteiger charge is 2.27. The molecule has 8 heteroatoms. The summed E-state index contributed by atoms with van der Waals surface area (Å²) in [4.78, 5) is 33.9. The molecule has 0 atom stereocenters. The first kappa shape index (κ1) is 19.8. The van der Waals surface area contributed by atoms with Crippen molar-refractivity contribution in [1.82, 2.24) is 14.7 Å². The highest BCUT2D eigenvalue weighted by atomic mass is 32.1. The van der Waals surface area contributed by atoms with Gasteiger partial charge in [-0.25, -0.2) is 4.39 Å². The maximum absolute atomic E-state index is 13.1. The summed E-state index contributed by atoms with van der Waals surface area (Å²) in [7, 11) is 0. The Balaban J connectivity index is 1.21. The van der Waals surface area contributed by atoms with Crippen molar-refractivity contribution in [3.05, 3.63) is 52.5 Å². The first-order chi connectivity index (χ1) is 14.1. The number of hydrogen-bond donors (Lipinski definition) is 0. The SMILES string of the molecule is O=C(CN1CCN(c2ccc(F)cc2)CC1)N1CCN(C(=O)c2cccs2)CC1. The van der Waals surface area contributed by atoms with Crippen LogP contribution >= 0.6 is 11.3 Å². The molecule has 1 aromatic carbocycles. The first-order valence-electron chi connectivity index (χ1n) is 9.93. The van der Waals surface area contributed by atoms with E-state index in [1.807, 2.05) is 27.3 Å². The maximum Gasteiger partial charge on any atom is 0.264 e. The third kappa shape index (κ3) is 4.76. The monoisotopic (exact) mass is 416 g/mol. The van der Waals surface area contributed by atoms with Crippen molar-refractivity contribution in [1.29, 1.82) is 0 Å². The Kier molecular flexibility index (Phi) is 6.10. The van der Waals surface area contributed by atoms with Crippen molar-refractivity contribution in [3.63, 3.8) is 0 Å². The van der Waals surface area contributed by atoms with Gasteiger partial charge in [0, 0.05) is 58.0 Å². The van der Waals surface area contributed by atoms with E-state index < -0.39 is 0 Å². The van der Waals surface area contributed by atoms with Crippen LogP contribution in [0.4, 0.5) is 10.1 Å². The molecule has 2 saturated heterocycles. The van der Waals surface area contributed by atoms with E-state index in [0.29, 0.717) is 32.7 Å². The van der Waals surface area contributed by atoms with Crippen molar-refractivity contribution >= 4 is 28.8 Å². The lowest BCUT2D eigenvalue weighted by molar-refractivity contribution is -0.134. The molecule has 2 fully saturated rings. The molecule has 154 valence electrons. The second kappa shape index (κ2) is 8.92. The molecule has 2 aliphatic rings. The number of halogens is 1. The molecule has 0 spiro atoms. The molecule has 2 amide bonds. The smallest absolute Gasteiger partial charge is 0.264 e. The van der Waals surface area contributed by atoms with Crippen LogP contribution in [0.3, 0.4) is 0 Å². The van der Waals surface area contributed by atoms with Gasteiger partial charge in [-0.05, 0) is 35.7 Å². The molecule has 0 aliphatic carbocycles. The van der Waals surface area contributed by atoms with E-state index in [-0.39, 0.29) is 17.6 Å². The van der Waals surface area contributed by atoms with E-state index in [4.69, 9.17) is 0 Å². The zero-order chi connectivity index (χ0) is 20.2. The summed E-state index contributed by atoms with van der Waals surface area (Å²) < 4.78 is 13.1. The van der Waals surface area contributed by atoms with Gasteiger partial charge in [-0.3, -0.25) is 14.5 Å². The van der Waals surface area contributed by atoms with E-state index in [1.165, 1.54) is 23.5 Å². The highest BCUT2D eigenvalue weighted by Crippen LogP contribution is 2.17. The fraction of sp³-hybridized carbons (Fsp3) is 0.429. The Morgan fingerprint density at radius 2 is 1.52 bits per heavy atom. The van der Waals surface area contributed by atoms with E-state index in [0.717, 1.165) is 36.7 Å². The molecule has 0 bridgehead atoms. The Morgan fingerprint density at radius 1 is 0.862 bits per heavy atom. The third-order valence-corrected chi connectivity index (χ3v) is 6.43. The van der Waals surface area contributed by atoms with Crippen LogP contribution in [0.15, 0.2) is 41.8 Å². The van der Waals surface area contributed by atoms with Gasteiger partial charge in [-0.1, -0.05) is 6.07 Å². The molecule has 1 aromatic heterocycles. The quantitative estimate of drug-likeness (QED) is 0.765. The molecule has 2 aliphatic heterocycles. The molecular formula is C21H25FN4O2S. The molecule has 3 heterocycles. The lowest BCUT2D eigenvalue weighted by Gasteiger charge is -2.38. The fourth-order valence-corrected chi connectivity index (χ4v) is 4.51. The molecule has 6 nitrogen and oxygen atoms in total. The summed E-state index contributed by atoms with van der Waals surface area (Å²) >= 11 is 1.45. The van der Waals surface area contributed by atoms with Crippen LogP contribution in [0.1, 0.15) is 9.67 Å². The number of nitrogens with zero attached hydrogens (tertiary/aromatic N) is 4. The molecule has 2 aromatic rings. The minimum Gasteiger partial charge on any atom is -0.369 e. The van der Waals surface area contributed by atoms with E-state index >= 15 is 0 Å². The minimum atomic E-state index is -0.227. The number of thiophene rings is 1. The van der Waals surface area contributed by atoms with Crippen LogP contribution in [0, 0.1) is 5.82 Å². The largest absolute Gasteiger partial charge is 0.369 e. The summed E-state index contributed by atoms with van der Waals surface area (Å²) in [6.07, 6.45) is 0. The molecule has 0 unspecified atom stereocenters. The number of rotatable bonds is 4. The van der Waals surface area contributed by atoms with Crippen molar-refractivity contribution in [2.75, 3.05) is 63.8 Å². The standard InChI is InChI=1S/C21H25FN4O2S/c22-17-3-5-18(6-4-17)24-9-7-23(8-10-24)16-20(27)25-11-13-26(14-12-25)21(28)19-2-1-15-29-19/h1-6,15H,7-14,16H2. The maximum atomic E-state index is 13.1. The summed E-state index contributed by atoms with van der Waals surface area (Å²) in [5, 5.41) is 1.91. The van der Waals surface area contributed by atoms with E-state index in [1.54, 1.807) is 12.1 Å². The minimum absolute atomic E-state index is 0.0593. The predicted octanol–water partition coefficient (Wildman–Crippen LogP) is 1.99. The summed E-state index contributed by atoms with van der Waals surface area (Å²) in [6, 6.07) is 10.3. The Labute approximate surface area is 174 Å². The Bertz CT molecular complexity index is 827. The van der Waals surface area contributed by atoms with Gasteiger partial charge in [0.2, 0.25) is 5.91 Å². The first-order valence-corrected chi connectivity index (χ1v) is 10.8. The number of benzene rings is 1. The fourth-order valence-electron chi connectivity index (χ4n) is 3.82. The second-order valence-corrected chi connectivity index (χ2v) is 8.34. The van der Waals surface area contributed by atoms with E-state index in [9.17, 15) is 14.0 Å². The number of piperazine rings is 2. The number of amides is 2. The topological polar surface area (TPSA) is 47.1 Å². The van der Waals surface area contributed by atoms with Gasteiger partial charge in [0.05, 0.1) is 11.4 Å². The third-order valence-electron chi connectivity index (χ3n) is 5.57. The Hall–Kier alpha value is -2.45. The predicted molar refractivity (Wildman–Crippen MR) is 112 cm³/mol. The van der Waals surface area contributed by atoms with E-state index in [2.05, 4.69) is 9.80 Å². The van der Waals surface area contributed by atoms with Gasteiger partial charge < -0.3 is 14.7 Å². The van der Waals surface area contributed by atoms with Crippen LogP contribution in [0.25, 0.3) is 0 Å². The van der Waals surface area contributed by atoms with Crippen LogP contribution in [-0.4, -0.2) is 85.4 Å². The normalized spacial score (nSPS) is 18.2. The van der Waals surface area contributed by atoms with Gasteiger partial charge in [0.15, 0.2) is 0 Å². The molecule has 4 rings (SSSR count). The number of hydrogen-bond acceptors (Lipinski definition) is 5. The summed E-state index contributed by atoms with van der Waals surface area (Å²) in [5.74, 6) is -0.0392. The zero-order valence-corrected chi connectivity index (χ0v) is 17.1. The lowest BCUT2D eigenvalue weighted by Crippen LogP contribution is -2.54. The van der Waals surface area contributed by atoms with Gasteiger partial charge in [0.1, 0.15) is 5.82 Å². The highest BCUT2D eigenvalue weighted by molar-refractivity contribution is 7.12. The van der Waals surface area contributed by atoms with Crippen LogP contribution < -0.4 is 4.90 Å². The summed E-state index contributed by atoms with van der Waals surface area (Å²) in [5.41, 5.74) is 1.02. The van der Waals surface area contributed by atoms with Crippen LogP contribution in [0.5, 0.6) is 0 Å². The molecule has 0 N–H and O–H groups in total. The van der Waals surface area contributed by atoms with Gasteiger partial charge in [0.25, 0.3) is 5.91 Å². The zero-order valence-electron chi connectivity index (χ0n) is 16.3. The second-order valence-electron chi connectivity index (χ2n) is 7.39. The molecule has 0 radical (unpaired) electrons. The Morgan fingerprint density at radius 3 is 2.14 bits per heavy atom. The number of carbonyl (C=O) groups excluding carboxylic acids is 2. The van der Waals surface area contributed by atoms with Crippen molar-refractivity contribution < 1.29 is 14.0 Å². The molecule has 0 saturated carbocycles. The number of carbonyl (C=O) groups is 2.